The number of hydrogen-bond acceptors (Lipinski definition) is 3. The van der Waals surface area contributed by atoms with Crippen molar-refractivity contribution in [3.8, 4) is 0 Å². The molecular formula is C17H24FNO3. The van der Waals surface area contributed by atoms with Gasteiger partial charge >= 0.3 is 6.09 Å². The van der Waals surface area contributed by atoms with Crippen LogP contribution in [0, 0.1) is 12.7 Å². The van der Waals surface area contributed by atoms with Crippen molar-refractivity contribution in [1.29, 1.82) is 0 Å². The molecule has 122 valence electrons. The third-order valence-corrected chi connectivity index (χ3v) is 3.86. The van der Waals surface area contributed by atoms with E-state index < -0.39 is 17.8 Å². The fourth-order valence-corrected chi connectivity index (χ4v) is 2.84. The number of rotatable bonds is 1. The van der Waals surface area contributed by atoms with Crippen LogP contribution in [0.4, 0.5) is 9.18 Å². The molecule has 1 aromatic rings. The first-order valence-corrected chi connectivity index (χ1v) is 7.59. The summed E-state index contributed by atoms with van der Waals surface area (Å²) in [7, 11) is 0. The minimum atomic E-state index is -0.676. The highest BCUT2D eigenvalue weighted by Gasteiger charge is 2.33. The number of piperidine rings is 1. The molecule has 0 aromatic heterocycles. The third kappa shape index (κ3) is 3.97. The van der Waals surface area contributed by atoms with Gasteiger partial charge in [-0.2, -0.15) is 0 Å². The standard InChI is InChI=1S/C17H24FNO3/c1-11-9-12(18)5-6-13(11)14-7-8-19(10-15(14)20)16(21)22-17(2,3)4/h5-6,9,14-15,20H,7-8,10H2,1-4H3. The van der Waals surface area contributed by atoms with Crippen LogP contribution >= 0.6 is 0 Å². The Morgan fingerprint density at radius 2 is 2.09 bits per heavy atom. The van der Waals surface area contributed by atoms with Gasteiger partial charge in [0.2, 0.25) is 0 Å². The fraction of sp³-hybridized carbons (Fsp3) is 0.588. The van der Waals surface area contributed by atoms with Gasteiger partial charge in [-0.25, -0.2) is 9.18 Å². The molecule has 5 heteroatoms. The number of hydrogen-bond donors (Lipinski definition) is 1. The van der Waals surface area contributed by atoms with Gasteiger partial charge in [0.25, 0.3) is 0 Å². The van der Waals surface area contributed by atoms with Crippen molar-refractivity contribution >= 4 is 6.09 Å². The first kappa shape index (κ1) is 16.7. The van der Waals surface area contributed by atoms with Gasteiger partial charge in [0.15, 0.2) is 0 Å². The number of benzene rings is 1. The number of halogens is 1. The summed E-state index contributed by atoms with van der Waals surface area (Å²) in [5.74, 6) is -0.360. The third-order valence-electron chi connectivity index (χ3n) is 3.86. The van der Waals surface area contributed by atoms with Gasteiger partial charge in [-0.15, -0.1) is 0 Å². The molecule has 4 nitrogen and oxygen atoms in total. The van der Waals surface area contributed by atoms with Crippen LogP contribution in [-0.4, -0.2) is 40.9 Å². The molecule has 1 N–H and O–H groups in total. The summed E-state index contributed by atoms with van der Waals surface area (Å²) in [6.07, 6.45) is -0.446. The maximum absolute atomic E-state index is 13.2. The normalized spacial score (nSPS) is 22.5. The Balaban J connectivity index is 2.05. The Hall–Kier alpha value is -1.62. The minimum Gasteiger partial charge on any atom is -0.444 e. The average molecular weight is 309 g/mol. The number of aliphatic hydroxyl groups is 1. The molecule has 1 aliphatic rings. The maximum Gasteiger partial charge on any atom is 0.410 e. The van der Waals surface area contributed by atoms with Crippen molar-refractivity contribution in [3.63, 3.8) is 0 Å². The molecule has 1 fully saturated rings. The van der Waals surface area contributed by atoms with E-state index >= 15 is 0 Å². The Morgan fingerprint density at radius 3 is 2.64 bits per heavy atom. The van der Waals surface area contributed by atoms with Gasteiger partial charge in [0, 0.05) is 12.5 Å². The molecule has 2 rings (SSSR count). The molecule has 0 bridgehead atoms. The molecule has 2 unspecified atom stereocenters. The monoisotopic (exact) mass is 309 g/mol. The SMILES string of the molecule is Cc1cc(F)ccc1C1CCN(C(=O)OC(C)(C)C)CC1O. The minimum absolute atomic E-state index is 0.0840. The zero-order valence-corrected chi connectivity index (χ0v) is 13.6. The molecule has 1 saturated heterocycles. The van der Waals surface area contributed by atoms with E-state index in [-0.39, 0.29) is 18.3 Å². The quantitative estimate of drug-likeness (QED) is 0.866. The molecule has 0 radical (unpaired) electrons. The van der Waals surface area contributed by atoms with Gasteiger partial charge in [-0.05, 0) is 57.4 Å². The Labute approximate surface area is 130 Å². The molecule has 1 amide bonds. The van der Waals surface area contributed by atoms with Gasteiger partial charge in [0.1, 0.15) is 11.4 Å². The van der Waals surface area contributed by atoms with E-state index in [9.17, 15) is 14.3 Å². The van der Waals surface area contributed by atoms with Gasteiger partial charge in [-0.3, -0.25) is 0 Å². The van der Waals surface area contributed by atoms with Crippen LogP contribution in [0.15, 0.2) is 18.2 Å². The number of aliphatic hydroxyl groups excluding tert-OH is 1. The fourth-order valence-electron chi connectivity index (χ4n) is 2.84. The van der Waals surface area contributed by atoms with Gasteiger partial charge in [0.05, 0.1) is 12.6 Å². The number of aryl methyl sites for hydroxylation is 1. The molecule has 1 aromatic carbocycles. The van der Waals surface area contributed by atoms with Crippen LogP contribution in [0.5, 0.6) is 0 Å². The zero-order valence-electron chi connectivity index (χ0n) is 13.6. The van der Waals surface area contributed by atoms with Crippen LogP contribution < -0.4 is 0 Å². The van der Waals surface area contributed by atoms with E-state index in [0.717, 1.165) is 11.1 Å². The summed E-state index contributed by atoms with van der Waals surface area (Å²) >= 11 is 0. The molecular weight excluding hydrogens is 285 g/mol. The van der Waals surface area contributed by atoms with Crippen molar-refractivity contribution < 1.29 is 19.0 Å². The predicted molar refractivity (Wildman–Crippen MR) is 82.3 cm³/mol. The summed E-state index contributed by atoms with van der Waals surface area (Å²) in [4.78, 5) is 13.6. The number of nitrogens with zero attached hydrogens (tertiary/aromatic N) is 1. The second-order valence-corrected chi connectivity index (χ2v) is 6.89. The topological polar surface area (TPSA) is 49.8 Å². The first-order chi connectivity index (χ1) is 10.2. The van der Waals surface area contributed by atoms with Crippen LogP contribution in [0.25, 0.3) is 0 Å². The highest BCUT2D eigenvalue weighted by atomic mass is 19.1. The van der Waals surface area contributed by atoms with E-state index in [1.807, 2.05) is 27.7 Å². The summed E-state index contributed by atoms with van der Waals surface area (Å²) < 4.78 is 18.5. The number of ether oxygens (including phenoxy) is 1. The van der Waals surface area contributed by atoms with E-state index in [1.54, 1.807) is 6.07 Å². The van der Waals surface area contributed by atoms with Crippen molar-refractivity contribution in [3.05, 3.63) is 35.1 Å². The highest BCUT2D eigenvalue weighted by Crippen LogP contribution is 2.31. The molecule has 1 heterocycles. The number of carbonyl (C=O) groups excluding carboxylic acids is 1. The number of amides is 1. The van der Waals surface area contributed by atoms with Crippen molar-refractivity contribution in [2.45, 2.75) is 51.7 Å². The molecule has 22 heavy (non-hydrogen) atoms. The summed E-state index contributed by atoms with van der Waals surface area (Å²) in [6, 6.07) is 4.61. The molecule has 2 atom stereocenters. The van der Waals surface area contributed by atoms with E-state index in [4.69, 9.17) is 4.74 Å². The van der Waals surface area contributed by atoms with Crippen molar-refractivity contribution in [1.82, 2.24) is 4.90 Å². The van der Waals surface area contributed by atoms with E-state index in [0.29, 0.717) is 13.0 Å². The smallest absolute Gasteiger partial charge is 0.410 e. The molecule has 0 spiro atoms. The lowest BCUT2D eigenvalue weighted by molar-refractivity contribution is -0.00156. The average Bonchev–Trinajstić information content (AvgIpc) is 2.37. The Bertz CT molecular complexity index is 553. The van der Waals surface area contributed by atoms with E-state index in [1.165, 1.54) is 17.0 Å². The van der Waals surface area contributed by atoms with Crippen molar-refractivity contribution in [2.24, 2.45) is 0 Å². The molecule has 1 aliphatic heterocycles. The number of β-amino-alcohol motifs (C(OH)–C–C–N with tert-alkyl or cyclic N) is 1. The highest BCUT2D eigenvalue weighted by molar-refractivity contribution is 5.68. The van der Waals surface area contributed by atoms with Crippen LogP contribution in [0.3, 0.4) is 0 Å². The molecule has 0 saturated carbocycles. The van der Waals surface area contributed by atoms with Crippen LogP contribution in [-0.2, 0) is 4.74 Å². The van der Waals surface area contributed by atoms with Crippen LogP contribution in [0.2, 0.25) is 0 Å². The molecule has 0 aliphatic carbocycles. The first-order valence-electron chi connectivity index (χ1n) is 7.59. The predicted octanol–water partition coefficient (Wildman–Crippen LogP) is 3.22. The number of likely N-dealkylation sites (tertiary alicyclic amines) is 1. The second kappa shape index (κ2) is 6.24. The lowest BCUT2D eigenvalue weighted by atomic mass is 9.85. The second-order valence-electron chi connectivity index (χ2n) is 6.89. The Morgan fingerprint density at radius 1 is 1.41 bits per heavy atom. The Kier molecular flexibility index (Phi) is 4.75. The van der Waals surface area contributed by atoms with Gasteiger partial charge in [-0.1, -0.05) is 6.07 Å². The summed E-state index contributed by atoms with van der Waals surface area (Å²) in [5, 5.41) is 10.4. The zero-order chi connectivity index (χ0) is 16.5. The maximum atomic E-state index is 13.2. The lowest BCUT2D eigenvalue weighted by Gasteiger charge is -2.37. The number of carbonyl (C=O) groups is 1. The largest absolute Gasteiger partial charge is 0.444 e. The lowest BCUT2D eigenvalue weighted by Crippen LogP contribution is -2.47. The van der Waals surface area contributed by atoms with Crippen LogP contribution in [0.1, 0.15) is 44.2 Å². The summed E-state index contributed by atoms with van der Waals surface area (Å²) in [6.45, 7) is 8.04. The van der Waals surface area contributed by atoms with E-state index in [2.05, 4.69) is 0 Å². The summed E-state index contributed by atoms with van der Waals surface area (Å²) in [5.41, 5.74) is 1.22. The van der Waals surface area contributed by atoms with Crippen molar-refractivity contribution in [2.75, 3.05) is 13.1 Å². The van der Waals surface area contributed by atoms with Gasteiger partial charge < -0.3 is 14.7 Å².